The molecule has 2 atom stereocenters. The lowest BCUT2D eigenvalue weighted by Crippen LogP contribution is -2.36. The Morgan fingerprint density at radius 3 is 2.60 bits per heavy atom. The van der Waals surface area contributed by atoms with E-state index in [0.29, 0.717) is 19.5 Å². The monoisotopic (exact) mass is 226 g/mol. The number of rotatable bonds is 4. The SMILES string of the molecule is CN(CCC(F)(F)F)CC1CC(O)CN1. The van der Waals surface area contributed by atoms with Crippen molar-refractivity contribution in [2.24, 2.45) is 0 Å². The molecule has 0 amide bonds. The second kappa shape index (κ2) is 5.14. The third kappa shape index (κ3) is 5.34. The molecule has 1 saturated heterocycles. The van der Waals surface area contributed by atoms with E-state index in [-0.39, 0.29) is 18.7 Å². The van der Waals surface area contributed by atoms with Crippen LogP contribution in [0.4, 0.5) is 13.2 Å². The average Bonchev–Trinajstić information content (AvgIpc) is 2.47. The number of nitrogens with zero attached hydrogens (tertiary/aromatic N) is 1. The molecular formula is C9H17F3N2O. The molecule has 15 heavy (non-hydrogen) atoms. The predicted molar refractivity (Wildman–Crippen MR) is 50.6 cm³/mol. The van der Waals surface area contributed by atoms with Gasteiger partial charge in [-0.15, -0.1) is 0 Å². The third-order valence-electron chi connectivity index (χ3n) is 2.51. The van der Waals surface area contributed by atoms with Crippen molar-refractivity contribution >= 4 is 0 Å². The van der Waals surface area contributed by atoms with Crippen molar-refractivity contribution in [1.82, 2.24) is 10.2 Å². The maximum Gasteiger partial charge on any atom is 0.390 e. The highest BCUT2D eigenvalue weighted by Crippen LogP contribution is 2.19. The van der Waals surface area contributed by atoms with Crippen LogP contribution in [-0.4, -0.2) is 55.0 Å². The topological polar surface area (TPSA) is 35.5 Å². The lowest BCUT2D eigenvalue weighted by atomic mass is 10.2. The average molecular weight is 226 g/mol. The van der Waals surface area contributed by atoms with Crippen molar-refractivity contribution in [2.75, 3.05) is 26.7 Å². The predicted octanol–water partition coefficient (Wildman–Crippen LogP) is 0.593. The first-order valence-corrected chi connectivity index (χ1v) is 5.03. The number of aliphatic hydroxyl groups is 1. The van der Waals surface area contributed by atoms with Crippen LogP contribution in [0.1, 0.15) is 12.8 Å². The van der Waals surface area contributed by atoms with Crippen LogP contribution >= 0.6 is 0 Å². The van der Waals surface area contributed by atoms with Crippen molar-refractivity contribution in [3.8, 4) is 0 Å². The normalized spacial score (nSPS) is 27.6. The van der Waals surface area contributed by atoms with E-state index in [1.807, 2.05) is 0 Å². The van der Waals surface area contributed by atoms with Gasteiger partial charge in [0.2, 0.25) is 0 Å². The molecule has 6 heteroatoms. The van der Waals surface area contributed by atoms with E-state index in [2.05, 4.69) is 5.32 Å². The zero-order chi connectivity index (χ0) is 11.5. The smallest absolute Gasteiger partial charge is 0.390 e. The highest BCUT2D eigenvalue weighted by molar-refractivity contribution is 4.82. The molecule has 0 saturated carbocycles. The summed E-state index contributed by atoms with van der Waals surface area (Å²) in [7, 11) is 1.66. The quantitative estimate of drug-likeness (QED) is 0.736. The molecule has 1 heterocycles. The van der Waals surface area contributed by atoms with Crippen LogP contribution in [0.3, 0.4) is 0 Å². The van der Waals surface area contributed by atoms with Crippen molar-refractivity contribution in [3.63, 3.8) is 0 Å². The Morgan fingerprint density at radius 1 is 1.47 bits per heavy atom. The number of halogens is 3. The summed E-state index contributed by atoms with van der Waals surface area (Å²) < 4.78 is 35.7. The van der Waals surface area contributed by atoms with Crippen molar-refractivity contribution < 1.29 is 18.3 Å². The van der Waals surface area contributed by atoms with E-state index in [4.69, 9.17) is 0 Å². The number of hydrogen-bond acceptors (Lipinski definition) is 3. The highest BCUT2D eigenvalue weighted by Gasteiger charge is 2.28. The van der Waals surface area contributed by atoms with Gasteiger partial charge in [0.15, 0.2) is 0 Å². The molecular weight excluding hydrogens is 209 g/mol. The lowest BCUT2D eigenvalue weighted by Gasteiger charge is -2.21. The summed E-state index contributed by atoms with van der Waals surface area (Å²) in [6.45, 7) is 1.10. The summed E-state index contributed by atoms with van der Waals surface area (Å²) in [6, 6.07) is 0.109. The number of nitrogens with one attached hydrogen (secondary N) is 1. The van der Waals surface area contributed by atoms with Crippen LogP contribution in [-0.2, 0) is 0 Å². The Balaban J connectivity index is 2.16. The number of likely N-dealkylation sites (N-methyl/N-ethyl adjacent to an activating group) is 1. The Labute approximate surface area is 87.3 Å². The molecule has 0 radical (unpaired) electrons. The van der Waals surface area contributed by atoms with Gasteiger partial charge in [0.1, 0.15) is 0 Å². The Bertz CT molecular complexity index is 198. The molecule has 3 nitrogen and oxygen atoms in total. The number of hydrogen-bond donors (Lipinski definition) is 2. The van der Waals surface area contributed by atoms with Gasteiger partial charge in [-0.3, -0.25) is 0 Å². The molecule has 2 N–H and O–H groups in total. The van der Waals surface area contributed by atoms with E-state index >= 15 is 0 Å². The van der Waals surface area contributed by atoms with E-state index in [1.165, 1.54) is 0 Å². The fourth-order valence-corrected chi connectivity index (χ4v) is 1.72. The maximum absolute atomic E-state index is 11.9. The molecule has 0 aromatic carbocycles. The van der Waals surface area contributed by atoms with E-state index in [0.717, 1.165) is 0 Å². The summed E-state index contributed by atoms with van der Waals surface area (Å²) in [6.07, 6.45) is -4.60. The van der Waals surface area contributed by atoms with Crippen LogP contribution < -0.4 is 5.32 Å². The first-order chi connectivity index (χ1) is 6.87. The molecule has 0 aromatic heterocycles. The molecule has 1 fully saturated rings. The second-order valence-corrected chi connectivity index (χ2v) is 4.12. The first-order valence-electron chi connectivity index (χ1n) is 5.03. The van der Waals surface area contributed by atoms with Gasteiger partial charge in [0.25, 0.3) is 0 Å². The molecule has 0 spiro atoms. The minimum atomic E-state index is -4.09. The molecule has 1 aliphatic rings. The molecule has 1 aliphatic heterocycles. The Morgan fingerprint density at radius 2 is 2.13 bits per heavy atom. The van der Waals surface area contributed by atoms with Gasteiger partial charge in [-0.25, -0.2) is 0 Å². The van der Waals surface area contributed by atoms with Gasteiger partial charge in [0, 0.05) is 25.7 Å². The summed E-state index contributed by atoms with van der Waals surface area (Å²) in [5.74, 6) is 0. The minimum absolute atomic E-state index is 0.0117. The van der Waals surface area contributed by atoms with Crippen molar-refractivity contribution in [1.29, 1.82) is 0 Å². The van der Waals surface area contributed by atoms with Gasteiger partial charge in [0.05, 0.1) is 12.5 Å². The van der Waals surface area contributed by atoms with Crippen molar-refractivity contribution in [3.05, 3.63) is 0 Å². The van der Waals surface area contributed by atoms with Gasteiger partial charge in [-0.05, 0) is 13.5 Å². The van der Waals surface area contributed by atoms with Gasteiger partial charge in [-0.2, -0.15) is 13.2 Å². The summed E-state index contributed by atoms with van der Waals surface area (Å²) in [5, 5.41) is 12.3. The van der Waals surface area contributed by atoms with Crippen LogP contribution in [0, 0.1) is 0 Å². The second-order valence-electron chi connectivity index (χ2n) is 4.12. The van der Waals surface area contributed by atoms with E-state index in [9.17, 15) is 18.3 Å². The number of alkyl halides is 3. The molecule has 90 valence electrons. The standard InChI is InChI=1S/C9H17F3N2O/c1-14(3-2-9(10,11)12)6-7-4-8(15)5-13-7/h7-8,13,15H,2-6H2,1H3. The van der Waals surface area contributed by atoms with Gasteiger partial charge >= 0.3 is 6.18 Å². The molecule has 0 aliphatic carbocycles. The van der Waals surface area contributed by atoms with Crippen LogP contribution in [0.25, 0.3) is 0 Å². The largest absolute Gasteiger partial charge is 0.392 e. The van der Waals surface area contributed by atoms with Crippen molar-refractivity contribution in [2.45, 2.75) is 31.2 Å². The maximum atomic E-state index is 11.9. The molecule has 0 aromatic rings. The minimum Gasteiger partial charge on any atom is -0.392 e. The third-order valence-corrected chi connectivity index (χ3v) is 2.51. The Kier molecular flexibility index (Phi) is 4.36. The zero-order valence-electron chi connectivity index (χ0n) is 8.72. The Hall–Kier alpha value is -0.330. The first kappa shape index (κ1) is 12.7. The summed E-state index contributed by atoms with van der Waals surface area (Å²) in [5.41, 5.74) is 0. The summed E-state index contributed by atoms with van der Waals surface area (Å²) in [4.78, 5) is 1.64. The fourth-order valence-electron chi connectivity index (χ4n) is 1.72. The van der Waals surface area contributed by atoms with Crippen LogP contribution in [0.5, 0.6) is 0 Å². The fraction of sp³-hybridized carbons (Fsp3) is 1.00. The summed E-state index contributed by atoms with van der Waals surface area (Å²) >= 11 is 0. The van der Waals surface area contributed by atoms with E-state index < -0.39 is 12.6 Å². The number of β-amino-alcohol motifs (C(OH)–C–C–N with tert-alkyl or cyclic N) is 1. The van der Waals surface area contributed by atoms with Crippen LogP contribution in [0.15, 0.2) is 0 Å². The molecule has 2 unspecified atom stereocenters. The number of aliphatic hydroxyl groups excluding tert-OH is 1. The van der Waals surface area contributed by atoms with Gasteiger partial charge in [-0.1, -0.05) is 0 Å². The molecule has 1 rings (SSSR count). The highest BCUT2D eigenvalue weighted by atomic mass is 19.4. The van der Waals surface area contributed by atoms with Crippen LogP contribution in [0.2, 0.25) is 0 Å². The van der Waals surface area contributed by atoms with Gasteiger partial charge < -0.3 is 15.3 Å². The lowest BCUT2D eigenvalue weighted by molar-refractivity contribution is -0.137. The molecule has 0 bridgehead atoms. The van der Waals surface area contributed by atoms with E-state index in [1.54, 1.807) is 11.9 Å². The zero-order valence-corrected chi connectivity index (χ0v) is 8.72.